The number of aromatic amines is 1. The van der Waals surface area contributed by atoms with E-state index in [2.05, 4.69) is 87.4 Å². The van der Waals surface area contributed by atoms with Crippen LogP contribution in [0, 0.1) is 0 Å². The van der Waals surface area contributed by atoms with E-state index in [0.717, 1.165) is 73.9 Å². The topological polar surface area (TPSA) is 82.9 Å². The molecule has 1 fully saturated rings. The summed E-state index contributed by atoms with van der Waals surface area (Å²) in [5.41, 5.74) is 13.8. The molecule has 3 N–H and O–H groups in total. The SMILES string of the molecule is CN1CCN(c2ccc3nc(-c4cccc(N5CCc6cc(OCCOCCN)ccc6C5)c4)[nH]c3c2)CC1. The number of fused-ring (bicyclic) bond motifs is 2. The van der Waals surface area contributed by atoms with E-state index in [0.29, 0.717) is 26.4 Å². The van der Waals surface area contributed by atoms with Gasteiger partial charge in [-0.3, -0.25) is 0 Å². The highest BCUT2D eigenvalue weighted by Crippen LogP contribution is 2.31. The van der Waals surface area contributed by atoms with Crippen molar-refractivity contribution in [3.05, 3.63) is 71.8 Å². The van der Waals surface area contributed by atoms with Crippen LogP contribution < -0.4 is 20.3 Å². The Labute approximate surface area is 230 Å². The molecule has 8 nitrogen and oxygen atoms in total. The molecule has 0 unspecified atom stereocenters. The van der Waals surface area contributed by atoms with E-state index in [1.165, 1.54) is 22.5 Å². The average molecular weight is 527 g/mol. The Morgan fingerprint density at radius 1 is 0.846 bits per heavy atom. The summed E-state index contributed by atoms with van der Waals surface area (Å²) in [5.74, 6) is 1.82. The lowest BCUT2D eigenvalue weighted by atomic mass is 9.98. The van der Waals surface area contributed by atoms with Gasteiger partial charge in [0, 0.05) is 62.8 Å². The number of likely N-dealkylation sites (N-methyl/N-ethyl adjacent to an activating group) is 1. The zero-order chi connectivity index (χ0) is 26.6. The van der Waals surface area contributed by atoms with Crippen molar-refractivity contribution in [1.82, 2.24) is 14.9 Å². The normalized spacial score (nSPS) is 16.1. The number of piperazine rings is 1. The molecular formula is C31H38N6O2. The smallest absolute Gasteiger partial charge is 0.138 e. The lowest BCUT2D eigenvalue weighted by Gasteiger charge is -2.34. The molecule has 4 aromatic rings. The van der Waals surface area contributed by atoms with Crippen LogP contribution in [0.3, 0.4) is 0 Å². The van der Waals surface area contributed by atoms with Gasteiger partial charge in [-0.2, -0.15) is 0 Å². The van der Waals surface area contributed by atoms with Crippen molar-refractivity contribution >= 4 is 22.4 Å². The summed E-state index contributed by atoms with van der Waals surface area (Å²) in [5, 5.41) is 0. The molecule has 0 atom stereocenters. The van der Waals surface area contributed by atoms with E-state index in [9.17, 15) is 0 Å². The molecule has 2 aliphatic rings. The lowest BCUT2D eigenvalue weighted by Crippen LogP contribution is -2.44. The van der Waals surface area contributed by atoms with Gasteiger partial charge >= 0.3 is 0 Å². The highest BCUT2D eigenvalue weighted by Gasteiger charge is 2.19. The average Bonchev–Trinajstić information content (AvgIpc) is 3.41. The Bertz CT molecular complexity index is 1410. The van der Waals surface area contributed by atoms with E-state index in [1.54, 1.807) is 0 Å². The first-order chi connectivity index (χ1) is 19.2. The van der Waals surface area contributed by atoms with Crippen LogP contribution >= 0.6 is 0 Å². The van der Waals surface area contributed by atoms with E-state index in [4.69, 9.17) is 20.2 Å². The second-order valence-corrected chi connectivity index (χ2v) is 10.5. The van der Waals surface area contributed by atoms with Crippen molar-refractivity contribution in [2.24, 2.45) is 5.73 Å². The summed E-state index contributed by atoms with van der Waals surface area (Å²) in [6.45, 7) is 8.36. The summed E-state index contributed by atoms with van der Waals surface area (Å²) >= 11 is 0. The van der Waals surface area contributed by atoms with Gasteiger partial charge in [0.1, 0.15) is 18.2 Å². The van der Waals surface area contributed by atoms with Crippen molar-refractivity contribution in [3.63, 3.8) is 0 Å². The van der Waals surface area contributed by atoms with Gasteiger partial charge in [0.25, 0.3) is 0 Å². The van der Waals surface area contributed by atoms with Crippen LogP contribution in [0.25, 0.3) is 22.4 Å². The maximum absolute atomic E-state index is 5.87. The van der Waals surface area contributed by atoms with Crippen LogP contribution in [0.1, 0.15) is 11.1 Å². The van der Waals surface area contributed by atoms with Crippen LogP contribution in [0.2, 0.25) is 0 Å². The largest absolute Gasteiger partial charge is 0.491 e. The molecule has 6 rings (SSSR count). The highest BCUT2D eigenvalue weighted by atomic mass is 16.5. The molecule has 0 radical (unpaired) electrons. The number of rotatable bonds is 9. The monoisotopic (exact) mass is 526 g/mol. The molecule has 0 aliphatic carbocycles. The van der Waals surface area contributed by atoms with Crippen molar-refractivity contribution in [1.29, 1.82) is 0 Å². The van der Waals surface area contributed by atoms with Gasteiger partial charge in [0.15, 0.2) is 0 Å². The van der Waals surface area contributed by atoms with Gasteiger partial charge in [-0.05, 0) is 67.1 Å². The number of anilines is 2. The number of ether oxygens (including phenoxy) is 2. The number of nitrogens with zero attached hydrogens (tertiary/aromatic N) is 4. The summed E-state index contributed by atoms with van der Waals surface area (Å²) in [6, 6.07) is 21.7. The molecule has 0 saturated carbocycles. The van der Waals surface area contributed by atoms with Crippen molar-refractivity contribution in [2.75, 3.05) is 75.9 Å². The Kier molecular flexibility index (Phi) is 7.67. The molecule has 0 amide bonds. The molecule has 1 saturated heterocycles. The van der Waals surface area contributed by atoms with Crippen LogP contribution in [-0.4, -0.2) is 81.0 Å². The third-order valence-corrected chi connectivity index (χ3v) is 7.77. The highest BCUT2D eigenvalue weighted by molar-refractivity contribution is 5.83. The summed E-state index contributed by atoms with van der Waals surface area (Å²) in [6.07, 6.45) is 0.986. The third kappa shape index (κ3) is 5.88. The van der Waals surface area contributed by atoms with Crippen molar-refractivity contribution in [3.8, 4) is 17.1 Å². The standard InChI is InChI=1S/C31H38N6O2/c1-35-12-14-36(15-13-35)27-6-8-29-30(21-27)34-31(33-29)24-3-2-4-26(19-24)37-11-9-23-20-28(7-5-25(23)22-37)39-18-17-38-16-10-32/h2-8,19-21H,9-18,22,32H2,1H3,(H,33,34). The molecule has 3 heterocycles. The number of imidazole rings is 1. The quantitative estimate of drug-likeness (QED) is 0.320. The van der Waals surface area contributed by atoms with E-state index < -0.39 is 0 Å². The summed E-state index contributed by atoms with van der Waals surface area (Å²) in [7, 11) is 2.19. The molecule has 1 aromatic heterocycles. The molecule has 3 aromatic carbocycles. The van der Waals surface area contributed by atoms with E-state index in [-0.39, 0.29) is 0 Å². The van der Waals surface area contributed by atoms with Gasteiger partial charge in [-0.25, -0.2) is 4.98 Å². The van der Waals surface area contributed by atoms with Gasteiger partial charge in [0.05, 0.1) is 24.2 Å². The van der Waals surface area contributed by atoms with E-state index in [1.807, 2.05) is 0 Å². The fourth-order valence-electron chi connectivity index (χ4n) is 5.49. The fourth-order valence-corrected chi connectivity index (χ4v) is 5.49. The first kappa shape index (κ1) is 25.7. The molecule has 2 aliphatic heterocycles. The van der Waals surface area contributed by atoms with Gasteiger partial charge in [0.2, 0.25) is 0 Å². The number of hydrogen-bond acceptors (Lipinski definition) is 7. The number of aromatic nitrogens is 2. The molecule has 8 heteroatoms. The van der Waals surface area contributed by atoms with Crippen LogP contribution in [0.5, 0.6) is 5.75 Å². The second-order valence-electron chi connectivity index (χ2n) is 10.5. The number of hydrogen-bond donors (Lipinski definition) is 2. The summed E-state index contributed by atoms with van der Waals surface area (Å²) < 4.78 is 11.3. The van der Waals surface area contributed by atoms with Crippen LogP contribution in [0.4, 0.5) is 11.4 Å². The minimum Gasteiger partial charge on any atom is -0.491 e. The maximum Gasteiger partial charge on any atom is 0.138 e. The zero-order valence-electron chi connectivity index (χ0n) is 22.7. The Morgan fingerprint density at radius 2 is 1.72 bits per heavy atom. The van der Waals surface area contributed by atoms with E-state index >= 15 is 0 Å². The van der Waals surface area contributed by atoms with Crippen molar-refractivity contribution in [2.45, 2.75) is 13.0 Å². The fraction of sp³-hybridized carbons (Fsp3) is 0.387. The Balaban J connectivity index is 1.14. The number of benzene rings is 3. The minimum absolute atomic E-state index is 0.536. The Hall–Kier alpha value is -3.59. The van der Waals surface area contributed by atoms with Crippen LogP contribution in [-0.2, 0) is 17.7 Å². The van der Waals surface area contributed by atoms with Gasteiger partial charge in [-0.15, -0.1) is 0 Å². The zero-order valence-corrected chi connectivity index (χ0v) is 22.7. The Morgan fingerprint density at radius 3 is 2.59 bits per heavy atom. The number of H-pyrrole nitrogens is 1. The molecule has 0 spiro atoms. The number of nitrogens with one attached hydrogen (secondary N) is 1. The van der Waals surface area contributed by atoms with Gasteiger partial charge in [-0.1, -0.05) is 18.2 Å². The lowest BCUT2D eigenvalue weighted by molar-refractivity contribution is 0.106. The predicted molar refractivity (Wildman–Crippen MR) is 158 cm³/mol. The molecule has 204 valence electrons. The molecular weight excluding hydrogens is 488 g/mol. The van der Waals surface area contributed by atoms with Crippen molar-refractivity contribution < 1.29 is 9.47 Å². The summed E-state index contributed by atoms with van der Waals surface area (Å²) in [4.78, 5) is 15.8. The second kappa shape index (κ2) is 11.7. The molecule has 0 bridgehead atoms. The van der Waals surface area contributed by atoms with Gasteiger partial charge < -0.3 is 34.9 Å². The minimum atomic E-state index is 0.536. The van der Waals surface area contributed by atoms with Crippen LogP contribution in [0.15, 0.2) is 60.7 Å². The first-order valence-corrected chi connectivity index (χ1v) is 14.0. The molecule has 39 heavy (non-hydrogen) atoms. The maximum atomic E-state index is 5.87. The number of nitrogens with two attached hydrogens (primary N) is 1. The predicted octanol–water partition coefficient (Wildman–Crippen LogP) is 3.90. The first-order valence-electron chi connectivity index (χ1n) is 14.0. The third-order valence-electron chi connectivity index (χ3n) is 7.77.